The van der Waals surface area contributed by atoms with E-state index in [1.807, 2.05) is 106 Å². The number of anilines is 2. The van der Waals surface area contributed by atoms with Crippen LogP contribution in [0, 0.1) is 0 Å². The molecular weight excluding hydrogens is 892 g/mol. The van der Waals surface area contributed by atoms with E-state index in [4.69, 9.17) is 9.47 Å². The largest absolute Gasteiger partial charge is 0.493 e. The summed E-state index contributed by atoms with van der Waals surface area (Å²) in [6, 6.07) is 27.2. The molecule has 2 aliphatic rings. The van der Waals surface area contributed by atoms with Gasteiger partial charge in [0, 0.05) is 41.7 Å². The van der Waals surface area contributed by atoms with Crippen molar-refractivity contribution in [3.8, 4) is 11.5 Å². The number of fused-ring (bicyclic) bond motifs is 6. The van der Waals surface area contributed by atoms with Crippen molar-refractivity contribution in [2.24, 2.45) is 0 Å². The first-order valence-electron chi connectivity index (χ1n) is 19.9. The van der Waals surface area contributed by atoms with Gasteiger partial charge in [0.25, 0.3) is 11.1 Å². The zero-order valence-electron chi connectivity index (χ0n) is 33.2. The Hall–Kier alpha value is -6.00. The lowest BCUT2D eigenvalue weighted by atomic mass is 10.2. The topological polar surface area (TPSA) is 129 Å². The van der Waals surface area contributed by atoms with Crippen LogP contribution in [0.2, 0.25) is 0 Å². The normalized spacial score (nSPS) is 14.3. The van der Waals surface area contributed by atoms with Crippen LogP contribution in [-0.2, 0) is 13.1 Å². The van der Waals surface area contributed by atoms with Gasteiger partial charge in [-0.15, -0.1) is 20.4 Å². The number of rotatable bonds is 9. The molecule has 0 spiro atoms. The van der Waals surface area contributed by atoms with Crippen molar-refractivity contribution in [2.45, 2.75) is 38.8 Å². The number of aromatic nitrogens is 8. The third-order valence-electron chi connectivity index (χ3n) is 11.1. The van der Waals surface area contributed by atoms with E-state index >= 15 is 0 Å². The van der Waals surface area contributed by atoms with Gasteiger partial charge < -0.3 is 19.3 Å². The van der Waals surface area contributed by atoms with E-state index in [0.717, 1.165) is 94.9 Å². The van der Waals surface area contributed by atoms with E-state index in [2.05, 4.69) is 62.1 Å². The molecule has 0 saturated carbocycles. The number of halogens is 2. The highest BCUT2D eigenvalue weighted by Gasteiger charge is 2.24. The summed E-state index contributed by atoms with van der Waals surface area (Å²) in [6.07, 6.45) is 8.57. The fraction of sp³-hybridized carbons (Fsp3) is 0.273. The van der Waals surface area contributed by atoms with Gasteiger partial charge in [0.1, 0.15) is 0 Å². The van der Waals surface area contributed by atoms with E-state index < -0.39 is 0 Å². The summed E-state index contributed by atoms with van der Waals surface area (Å²) >= 11 is 7.00. The maximum absolute atomic E-state index is 13.5. The molecule has 0 aliphatic carbocycles. The first-order valence-corrected chi connectivity index (χ1v) is 21.5. The number of nitrogens with zero attached hydrogens (tertiary/aromatic N) is 10. The van der Waals surface area contributed by atoms with Crippen LogP contribution in [0.3, 0.4) is 0 Å². The quantitative estimate of drug-likeness (QED) is 0.143. The minimum atomic E-state index is -0.112. The fourth-order valence-corrected chi connectivity index (χ4v) is 8.83. The second kappa shape index (κ2) is 16.9. The van der Waals surface area contributed by atoms with Gasteiger partial charge >= 0.3 is 0 Å². The molecule has 8 aromatic rings. The second-order valence-electron chi connectivity index (χ2n) is 14.8. The molecule has 0 atom stereocenters. The Morgan fingerprint density at radius 1 is 0.617 bits per heavy atom. The van der Waals surface area contributed by atoms with Crippen molar-refractivity contribution in [2.75, 3.05) is 50.2 Å². The fourth-order valence-electron chi connectivity index (χ4n) is 8.11. The van der Waals surface area contributed by atoms with Crippen LogP contribution in [-0.4, -0.2) is 78.7 Å². The summed E-state index contributed by atoms with van der Waals surface area (Å²) in [4.78, 5) is 31.3. The minimum absolute atomic E-state index is 0.0631. The van der Waals surface area contributed by atoms with Gasteiger partial charge in [-0.3, -0.25) is 18.7 Å². The monoisotopic (exact) mass is 932 g/mol. The molecule has 6 heterocycles. The summed E-state index contributed by atoms with van der Waals surface area (Å²) in [5.74, 6) is 3.95. The lowest BCUT2D eigenvalue weighted by Gasteiger charge is -2.17. The molecule has 0 unspecified atom stereocenters. The molecule has 0 N–H and O–H groups in total. The van der Waals surface area contributed by atoms with E-state index in [0.29, 0.717) is 46.9 Å². The molecule has 2 aliphatic heterocycles. The lowest BCUT2D eigenvalue weighted by Crippen LogP contribution is -2.26. The van der Waals surface area contributed by atoms with Crippen LogP contribution in [0.25, 0.3) is 39.4 Å². The third kappa shape index (κ3) is 7.42. The number of hydrogen-bond donors (Lipinski definition) is 0. The SMILES string of the molecule is COc1ccc(Cn2c(=O)c3cc(Br)ccc3n3c(N4CCCC4)nnc23)cc1OC.O=c1c2cc(Br)ccc2n2c(N3CCCC3)nnc2n1C/C=C/c1ccccc1. The summed E-state index contributed by atoms with van der Waals surface area (Å²) in [5, 5.41) is 19.1. The Bertz CT molecular complexity index is 3020. The number of hydrogen-bond acceptors (Lipinski definition) is 10. The van der Waals surface area contributed by atoms with Crippen LogP contribution in [0.4, 0.5) is 11.9 Å². The zero-order chi connectivity index (χ0) is 41.3. The standard InChI is InChI=1S/C22H22BrN5O3.C22H20BrN5O/c1-30-18-8-5-14(11-19(18)31-2)13-27-20(29)16-12-15(23)6-7-17(16)28-21(24-25-22(27)28)26-9-3-4-10-26;23-17-10-11-19-18(15-17)20(29)27(14-6-9-16-7-2-1-3-8-16)22-25-24-21(28(19)22)26-12-4-5-13-26/h5-8,11-12H,3-4,9-10,13H2,1-2H3;1-3,6-11,15H,4-5,12-14H2/b;9-6+. The number of ether oxygens (including phenoxy) is 2. The molecule has 16 heteroatoms. The average molecular weight is 935 g/mol. The third-order valence-corrected chi connectivity index (χ3v) is 12.0. The van der Waals surface area contributed by atoms with Crippen LogP contribution in [0.1, 0.15) is 36.8 Å². The average Bonchev–Trinajstić information content (AvgIpc) is 4.12. The highest BCUT2D eigenvalue weighted by molar-refractivity contribution is 9.10. The summed E-state index contributed by atoms with van der Waals surface area (Å²) < 4.78 is 19.9. The first-order chi connectivity index (χ1) is 29.3. The Labute approximate surface area is 361 Å². The molecular formula is C44H42Br2N10O4. The molecule has 4 aromatic carbocycles. The van der Waals surface area contributed by atoms with Crippen LogP contribution in [0.15, 0.2) is 110 Å². The van der Waals surface area contributed by atoms with E-state index in [1.165, 1.54) is 0 Å². The number of allylic oxidation sites excluding steroid dienone is 1. The molecule has 2 saturated heterocycles. The highest BCUT2D eigenvalue weighted by atomic mass is 79.9. The Morgan fingerprint density at radius 3 is 1.70 bits per heavy atom. The van der Waals surface area contributed by atoms with Gasteiger partial charge in [-0.2, -0.15) is 0 Å². The Balaban J connectivity index is 0.000000154. The summed E-state index contributed by atoms with van der Waals surface area (Å²) in [5.41, 5.74) is 3.47. The Kier molecular flexibility index (Phi) is 11.1. The van der Waals surface area contributed by atoms with Crippen molar-refractivity contribution >= 4 is 83.2 Å². The first kappa shape index (κ1) is 39.5. The van der Waals surface area contributed by atoms with Gasteiger partial charge in [-0.05, 0) is 85.3 Å². The molecule has 4 aromatic heterocycles. The maximum atomic E-state index is 13.5. The molecule has 60 heavy (non-hydrogen) atoms. The smallest absolute Gasteiger partial charge is 0.263 e. The molecule has 2 fully saturated rings. The highest BCUT2D eigenvalue weighted by Crippen LogP contribution is 2.30. The van der Waals surface area contributed by atoms with E-state index in [9.17, 15) is 9.59 Å². The number of methoxy groups -OCH3 is 2. The van der Waals surface area contributed by atoms with Gasteiger partial charge in [0.2, 0.25) is 23.5 Å². The summed E-state index contributed by atoms with van der Waals surface area (Å²) in [7, 11) is 3.20. The lowest BCUT2D eigenvalue weighted by molar-refractivity contribution is 0.354. The van der Waals surface area contributed by atoms with Crippen LogP contribution in [0.5, 0.6) is 11.5 Å². The van der Waals surface area contributed by atoms with Crippen LogP contribution < -0.4 is 30.4 Å². The minimum Gasteiger partial charge on any atom is -0.493 e. The van der Waals surface area contributed by atoms with Crippen molar-refractivity contribution < 1.29 is 9.47 Å². The van der Waals surface area contributed by atoms with Gasteiger partial charge in [0.15, 0.2) is 11.5 Å². The molecule has 10 rings (SSSR count). The van der Waals surface area contributed by atoms with Crippen molar-refractivity contribution in [3.05, 3.63) is 132 Å². The molecule has 306 valence electrons. The van der Waals surface area contributed by atoms with E-state index in [-0.39, 0.29) is 11.1 Å². The summed E-state index contributed by atoms with van der Waals surface area (Å²) in [6.45, 7) is 4.57. The van der Waals surface area contributed by atoms with Crippen molar-refractivity contribution in [1.29, 1.82) is 0 Å². The molecule has 14 nitrogen and oxygen atoms in total. The molecule has 0 radical (unpaired) electrons. The van der Waals surface area contributed by atoms with Gasteiger partial charge in [-0.25, -0.2) is 8.80 Å². The van der Waals surface area contributed by atoms with Gasteiger partial charge in [0.05, 0.1) is 42.6 Å². The van der Waals surface area contributed by atoms with E-state index in [1.54, 1.807) is 23.4 Å². The maximum Gasteiger partial charge on any atom is 0.263 e. The van der Waals surface area contributed by atoms with Gasteiger partial charge in [-0.1, -0.05) is 80.4 Å². The molecule has 0 amide bonds. The molecule has 0 bridgehead atoms. The van der Waals surface area contributed by atoms with Crippen LogP contribution >= 0.6 is 31.9 Å². The van der Waals surface area contributed by atoms with Crippen molar-refractivity contribution in [3.63, 3.8) is 0 Å². The van der Waals surface area contributed by atoms with Crippen molar-refractivity contribution in [1.82, 2.24) is 38.3 Å². The second-order valence-corrected chi connectivity index (χ2v) is 16.6. The zero-order valence-corrected chi connectivity index (χ0v) is 36.3. The number of benzene rings is 4. The predicted molar refractivity (Wildman–Crippen MR) is 242 cm³/mol. The predicted octanol–water partition coefficient (Wildman–Crippen LogP) is 7.59. The Morgan fingerprint density at radius 2 is 1.15 bits per heavy atom.